The van der Waals surface area contributed by atoms with Crippen molar-refractivity contribution < 1.29 is 14.3 Å². The summed E-state index contributed by atoms with van der Waals surface area (Å²) in [6, 6.07) is 12.3. The van der Waals surface area contributed by atoms with Gasteiger partial charge in [-0.25, -0.2) is 4.52 Å². The second-order valence-corrected chi connectivity index (χ2v) is 7.54. The molecule has 0 radical (unpaired) electrons. The van der Waals surface area contributed by atoms with Crippen LogP contribution in [0.15, 0.2) is 47.8 Å². The van der Waals surface area contributed by atoms with Crippen molar-refractivity contribution in [3.63, 3.8) is 0 Å². The molecule has 0 bridgehead atoms. The summed E-state index contributed by atoms with van der Waals surface area (Å²) >= 11 is 13.6. The smallest absolute Gasteiger partial charge is 0.264 e. The highest BCUT2D eigenvalue weighted by Gasteiger charge is 2.16. The Labute approximate surface area is 179 Å². The number of ether oxygens (including phenoxy) is 2. The summed E-state index contributed by atoms with van der Waals surface area (Å²) in [6.45, 7) is -0.205. The van der Waals surface area contributed by atoms with Crippen LogP contribution in [0.4, 0.5) is 5.95 Å². The van der Waals surface area contributed by atoms with Crippen molar-refractivity contribution in [2.24, 2.45) is 0 Å². The number of hydrogen-bond acceptors (Lipinski definition) is 6. The lowest BCUT2D eigenvalue weighted by Gasteiger charge is -2.09. The SMILES string of the molecule is COc1ccccc1OCC(=O)Nc1nc2scc(-c3ccc(Cl)cc3Cl)n2n1. The quantitative estimate of drug-likeness (QED) is 0.458. The normalized spacial score (nSPS) is 10.9. The number of thiazole rings is 1. The van der Waals surface area contributed by atoms with Crippen LogP contribution < -0.4 is 14.8 Å². The number of aromatic nitrogens is 3. The molecular formula is C19H14Cl2N4O3S. The number of halogens is 2. The van der Waals surface area contributed by atoms with E-state index in [9.17, 15) is 4.79 Å². The van der Waals surface area contributed by atoms with Gasteiger partial charge in [0.2, 0.25) is 4.96 Å². The Morgan fingerprint density at radius 1 is 1.21 bits per heavy atom. The van der Waals surface area contributed by atoms with Gasteiger partial charge in [-0.15, -0.1) is 16.4 Å². The molecule has 2 aromatic heterocycles. The van der Waals surface area contributed by atoms with Gasteiger partial charge >= 0.3 is 0 Å². The zero-order chi connectivity index (χ0) is 20.4. The lowest BCUT2D eigenvalue weighted by atomic mass is 10.2. The van der Waals surface area contributed by atoms with Crippen LogP contribution in [-0.4, -0.2) is 34.2 Å². The molecule has 0 fully saturated rings. The molecule has 0 saturated carbocycles. The predicted molar refractivity (Wildman–Crippen MR) is 113 cm³/mol. The minimum Gasteiger partial charge on any atom is -0.493 e. The Morgan fingerprint density at radius 2 is 2.00 bits per heavy atom. The van der Waals surface area contributed by atoms with E-state index in [0.29, 0.717) is 26.5 Å². The van der Waals surface area contributed by atoms with E-state index >= 15 is 0 Å². The van der Waals surface area contributed by atoms with Gasteiger partial charge < -0.3 is 9.47 Å². The minimum absolute atomic E-state index is 0.178. The molecule has 0 aliphatic carbocycles. The van der Waals surface area contributed by atoms with Crippen molar-refractivity contribution in [2.45, 2.75) is 0 Å². The number of nitrogens with one attached hydrogen (secondary N) is 1. The Hall–Kier alpha value is -2.81. The third-order valence-corrected chi connectivity index (χ3v) is 5.33. The largest absolute Gasteiger partial charge is 0.493 e. The molecule has 29 heavy (non-hydrogen) atoms. The molecule has 0 aliphatic rings. The number of rotatable bonds is 6. The lowest BCUT2D eigenvalue weighted by molar-refractivity contribution is -0.118. The van der Waals surface area contributed by atoms with Gasteiger partial charge in [-0.3, -0.25) is 10.1 Å². The maximum absolute atomic E-state index is 12.2. The Morgan fingerprint density at radius 3 is 2.76 bits per heavy atom. The van der Waals surface area contributed by atoms with Crippen molar-refractivity contribution in [2.75, 3.05) is 19.0 Å². The Balaban J connectivity index is 1.49. The van der Waals surface area contributed by atoms with E-state index in [2.05, 4.69) is 15.4 Å². The molecule has 0 aliphatic heterocycles. The standard InChI is InChI=1S/C19H14Cl2N4O3S/c1-27-15-4-2-3-5-16(15)28-9-17(26)22-18-23-19-25(24-18)14(10-29-19)12-7-6-11(20)8-13(12)21/h2-8,10H,9H2,1H3,(H,22,24,26). The number of carbonyl (C=O) groups is 1. The number of methoxy groups -OCH3 is 1. The van der Waals surface area contributed by atoms with Crippen LogP contribution in [-0.2, 0) is 4.79 Å². The number of carbonyl (C=O) groups excluding carboxylic acids is 1. The first-order chi connectivity index (χ1) is 14.0. The Kier molecular flexibility index (Phi) is 5.57. The van der Waals surface area contributed by atoms with E-state index in [4.69, 9.17) is 32.7 Å². The zero-order valence-corrected chi connectivity index (χ0v) is 17.4. The van der Waals surface area contributed by atoms with Crippen LogP contribution in [0.5, 0.6) is 11.5 Å². The van der Waals surface area contributed by atoms with E-state index in [1.807, 2.05) is 17.5 Å². The number of anilines is 1. The molecule has 4 rings (SSSR count). The van der Waals surface area contributed by atoms with Gasteiger partial charge in [0.25, 0.3) is 11.9 Å². The second kappa shape index (κ2) is 8.28. The molecule has 1 amide bonds. The number of fused-ring (bicyclic) bond motifs is 1. The summed E-state index contributed by atoms with van der Waals surface area (Å²) in [5.41, 5.74) is 1.52. The summed E-state index contributed by atoms with van der Waals surface area (Å²) in [6.07, 6.45) is 0. The molecule has 2 heterocycles. The first kappa shape index (κ1) is 19.5. The average molecular weight is 449 g/mol. The highest BCUT2D eigenvalue weighted by Crippen LogP contribution is 2.33. The molecular weight excluding hydrogens is 435 g/mol. The van der Waals surface area contributed by atoms with Gasteiger partial charge in [0.05, 0.1) is 17.8 Å². The van der Waals surface area contributed by atoms with Gasteiger partial charge in [0.15, 0.2) is 18.1 Å². The maximum atomic E-state index is 12.2. The molecule has 0 spiro atoms. The third kappa shape index (κ3) is 4.14. The fraction of sp³-hybridized carbons (Fsp3) is 0.105. The zero-order valence-electron chi connectivity index (χ0n) is 15.1. The van der Waals surface area contributed by atoms with Crippen molar-refractivity contribution >= 4 is 51.4 Å². The number of nitrogens with zero attached hydrogens (tertiary/aromatic N) is 3. The number of benzene rings is 2. The molecule has 7 nitrogen and oxygen atoms in total. The summed E-state index contributed by atoms with van der Waals surface area (Å²) < 4.78 is 12.3. The van der Waals surface area contributed by atoms with Crippen molar-refractivity contribution in [1.29, 1.82) is 0 Å². The molecule has 10 heteroatoms. The van der Waals surface area contributed by atoms with E-state index in [1.165, 1.54) is 18.4 Å². The first-order valence-corrected chi connectivity index (χ1v) is 10.0. The highest BCUT2D eigenvalue weighted by atomic mass is 35.5. The van der Waals surface area contributed by atoms with Crippen LogP contribution in [0.3, 0.4) is 0 Å². The summed E-state index contributed by atoms with van der Waals surface area (Å²) in [4.78, 5) is 17.2. The number of amides is 1. The highest BCUT2D eigenvalue weighted by molar-refractivity contribution is 7.15. The van der Waals surface area contributed by atoms with Crippen LogP contribution >= 0.6 is 34.5 Å². The maximum Gasteiger partial charge on any atom is 0.264 e. The van der Waals surface area contributed by atoms with Gasteiger partial charge in [-0.05, 0) is 30.3 Å². The first-order valence-electron chi connectivity index (χ1n) is 8.40. The second-order valence-electron chi connectivity index (χ2n) is 5.86. The monoisotopic (exact) mass is 448 g/mol. The van der Waals surface area contributed by atoms with Gasteiger partial charge in [0, 0.05) is 16.0 Å². The van der Waals surface area contributed by atoms with Crippen LogP contribution in [0.2, 0.25) is 10.0 Å². The molecule has 0 unspecified atom stereocenters. The van der Waals surface area contributed by atoms with Crippen LogP contribution in [0.25, 0.3) is 16.2 Å². The fourth-order valence-corrected chi connectivity index (χ4v) is 3.99. The molecule has 4 aromatic rings. The lowest BCUT2D eigenvalue weighted by Crippen LogP contribution is -2.21. The number of hydrogen-bond donors (Lipinski definition) is 1. The third-order valence-electron chi connectivity index (χ3n) is 3.97. The minimum atomic E-state index is -0.389. The summed E-state index contributed by atoms with van der Waals surface area (Å²) in [5.74, 6) is 0.811. The fourth-order valence-electron chi connectivity index (χ4n) is 2.66. The van der Waals surface area contributed by atoms with Gasteiger partial charge in [-0.1, -0.05) is 35.3 Å². The topological polar surface area (TPSA) is 77.8 Å². The van der Waals surface area contributed by atoms with Gasteiger partial charge in [0.1, 0.15) is 0 Å². The average Bonchev–Trinajstić information content (AvgIpc) is 3.27. The molecule has 1 N–H and O–H groups in total. The van der Waals surface area contributed by atoms with E-state index < -0.39 is 0 Å². The van der Waals surface area contributed by atoms with Gasteiger partial charge in [-0.2, -0.15) is 4.98 Å². The van der Waals surface area contributed by atoms with Crippen molar-refractivity contribution in [3.05, 3.63) is 57.9 Å². The van der Waals surface area contributed by atoms with Crippen molar-refractivity contribution in [3.8, 4) is 22.8 Å². The molecule has 148 valence electrons. The van der Waals surface area contributed by atoms with Crippen LogP contribution in [0, 0.1) is 0 Å². The number of para-hydroxylation sites is 2. The van der Waals surface area contributed by atoms with Crippen molar-refractivity contribution in [1.82, 2.24) is 14.6 Å². The van der Waals surface area contributed by atoms with E-state index in [1.54, 1.807) is 34.8 Å². The molecule has 0 saturated heterocycles. The summed E-state index contributed by atoms with van der Waals surface area (Å²) in [5, 5.41) is 9.93. The summed E-state index contributed by atoms with van der Waals surface area (Å²) in [7, 11) is 1.54. The Bertz CT molecular complexity index is 1190. The van der Waals surface area contributed by atoms with E-state index in [0.717, 1.165) is 11.3 Å². The van der Waals surface area contributed by atoms with Crippen LogP contribution in [0.1, 0.15) is 0 Å². The predicted octanol–water partition coefficient (Wildman–Crippen LogP) is 4.79. The molecule has 0 atom stereocenters. The van der Waals surface area contributed by atoms with E-state index in [-0.39, 0.29) is 18.5 Å². The molecule has 2 aromatic carbocycles.